The second kappa shape index (κ2) is 4.33. The molecule has 7 rings (SSSR count). The fraction of sp³-hybridized carbons (Fsp3) is 0. The Morgan fingerprint density at radius 3 is 1.04 bits per heavy atom. The maximum atomic E-state index is 4.79. The maximum Gasteiger partial charge on any atom is 0.156 e. The van der Waals surface area contributed by atoms with Gasteiger partial charge in [-0.05, 0) is 18.2 Å². The van der Waals surface area contributed by atoms with E-state index >= 15 is 0 Å². The van der Waals surface area contributed by atoms with Gasteiger partial charge in [0.2, 0.25) is 0 Å². The number of aromatic nitrogens is 9. The molecule has 0 radical (unpaired) electrons. The van der Waals surface area contributed by atoms with Crippen molar-refractivity contribution >= 4 is 66.6 Å². The SMILES string of the molecule is c1cc2nc3c4nc5cc[nH]c5nc4c4nc5[nH]ccc5nc4c3nc2[nH]1. The molecule has 27 heavy (non-hydrogen) atoms. The summed E-state index contributed by atoms with van der Waals surface area (Å²) in [6.45, 7) is 0. The minimum atomic E-state index is 0.650. The lowest BCUT2D eigenvalue weighted by Gasteiger charge is -2.07. The largest absolute Gasteiger partial charge is 0.345 e. The molecule has 3 N–H and O–H groups in total. The van der Waals surface area contributed by atoms with E-state index in [-0.39, 0.29) is 0 Å². The quantitative estimate of drug-likeness (QED) is 0.361. The standard InChI is InChI=1S/C18H9N9/c1-4-19-16-7(1)22-10-11-14(26-17-8(23-11)2-5-20-17)15-12(13(10)25-16)24-9-3-6-21-18(9)27-15/h1-6H,(H,19,25)(H,20,26)(H,21,27). The van der Waals surface area contributed by atoms with E-state index in [1.54, 1.807) is 0 Å². The average Bonchev–Trinajstić information content (AvgIpc) is 3.43. The zero-order valence-corrected chi connectivity index (χ0v) is 13.6. The number of nitrogens with zero attached hydrogens (tertiary/aromatic N) is 6. The van der Waals surface area contributed by atoms with Gasteiger partial charge in [0.05, 0.1) is 0 Å². The van der Waals surface area contributed by atoms with Crippen LogP contribution in [-0.2, 0) is 0 Å². The number of fused-ring (bicyclic) bond motifs is 9. The van der Waals surface area contributed by atoms with Crippen LogP contribution in [0.15, 0.2) is 36.8 Å². The molecule has 0 unspecified atom stereocenters. The monoisotopic (exact) mass is 351 g/mol. The highest BCUT2D eigenvalue weighted by Gasteiger charge is 2.19. The predicted octanol–water partition coefficient (Wildman–Crippen LogP) is 2.96. The van der Waals surface area contributed by atoms with Crippen LogP contribution in [0.2, 0.25) is 0 Å². The van der Waals surface area contributed by atoms with Crippen molar-refractivity contribution in [2.75, 3.05) is 0 Å². The first-order valence-corrected chi connectivity index (χ1v) is 8.42. The third-order valence-electron chi connectivity index (χ3n) is 4.83. The molecule has 1 aromatic carbocycles. The highest BCUT2D eigenvalue weighted by Crippen LogP contribution is 2.32. The first kappa shape index (κ1) is 13.1. The number of H-pyrrole nitrogens is 3. The van der Waals surface area contributed by atoms with E-state index in [2.05, 4.69) is 15.0 Å². The van der Waals surface area contributed by atoms with Gasteiger partial charge in [0.25, 0.3) is 0 Å². The smallest absolute Gasteiger partial charge is 0.156 e. The van der Waals surface area contributed by atoms with E-state index in [1.807, 2.05) is 36.8 Å². The molecule has 6 heterocycles. The van der Waals surface area contributed by atoms with Crippen LogP contribution in [0.3, 0.4) is 0 Å². The fourth-order valence-electron chi connectivity index (χ4n) is 3.60. The molecule has 126 valence electrons. The van der Waals surface area contributed by atoms with Crippen molar-refractivity contribution in [3.8, 4) is 0 Å². The van der Waals surface area contributed by atoms with Crippen molar-refractivity contribution in [2.24, 2.45) is 0 Å². The van der Waals surface area contributed by atoms with Gasteiger partial charge in [-0.1, -0.05) is 0 Å². The topological polar surface area (TPSA) is 125 Å². The molecule has 9 nitrogen and oxygen atoms in total. The van der Waals surface area contributed by atoms with Gasteiger partial charge < -0.3 is 15.0 Å². The Kier molecular flexibility index (Phi) is 2.10. The Morgan fingerprint density at radius 1 is 0.407 bits per heavy atom. The normalized spacial score (nSPS) is 12.4. The van der Waals surface area contributed by atoms with Gasteiger partial charge in [0.15, 0.2) is 16.9 Å². The Hall–Kier alpha value is -4.14. The van der Waals surface area contributed by atoms with Crippen LogP contribution in [0.4, 0.5) is 0 Å². The highest BCUT2D eigenvalue weighted by atomic mass is 15.0. The molecule has 0 amide bonds. The summed E-state index contributed by atoms with van der Waals surface area (Å²) in [5.41, 5.74) is 8.38. The number of aromatic amines is 3. The highest BCUT2D eigenvalue weighted by molar-refractivity contribution is 6.20. The molecule has 0 fully saturated rings. The first-order valence-electron chi connectivity index (χ1n) is 8.42. The summed E-state index contributed by atoms with van der Waals surface area (Å²) >= 11 is 0. The van der Waals surface area contributed by atoms with Crippen molar-refractivity contribution in [1.82, 2.24) is 44.9 Å². The Bertz CT molecular complexity index is 1340. The van der Waals surface area contributed by atoms with Gasteiger partial charge >= 0.3 is 0 Å². The van der Waals surface area contributed by atoms with E-state index in [4.69, 9.17) is 29.9 Å². The lowest BCUT2D eigenvalue weighted by molar-refractivity contribution is 1.30. The first-order chi connectivity index (χ1) is 13.3. The van der Waals surface area contributed by atoms with E-state index in [9.17, 15) is 0 Å². The predicted molar refractivity (Wildman–Crippen MR) is 101 cm³/mol. The van der Waals surface area contributed by atoms with Crippen molar-refractivity contribution < 1.29 is 0 Å². The molecule has 0 aliphatic carbocycles. The molecule has 0 atom stereocenters. The van der Waals surface area contributed by atoms with Crippen molar-refractivity contribution in [3.63, 3.8) is 0 Å². The van der Waals surface area contributed by atoms with Crippen LogP contribution >= 0.6 is 0 Å². The number of nitrogens with one attached hydrogen (secondary N) is 3. The van der Waals surface area contributed by atoms with Gasteiger partial charge in [0, 0.05) is 18.6 Å². The third kappa shape index (κ3) is 1.58. The third-order valence-corrected chi connectivity index (χ3v) is 4.83. The number of rotatable bonds is 0. The zero-order chi connectivity index (χ0) is 17.5. The summed E-state index contributed by atoms with van der Waals surface area (Å²) in [6, 6.07) is 5.67. The summed E-state index contributed by atoms with van der Waals surface area (Å²) in [5, 5.41) is 0. The zero-order valence-electron chi connectivity index (χ0n) is 13.6. The van der Waals surface area contributed by atoms with Crippen molar-refractivity contribution in [2.45, 2.75) is 0 Å². The van der Waals surface area contributed by atoms with Gasteiger partial charge in [-0.25, -0.2) is 29.9 Å². The summed E-state index contributed by atoms with van der Waals surface area (Å²) < 4.78 is 0. The molecule has 0 saturated heterocycles. The number of hydrogen-bond acceptors (Lipinski definition) is 6. The van der Waals surface area contributed by atoms with Gasteiger partial charge in [-0.2, -0.15) is 0 Å². The van der Waals surface area contributed by atoms with E-state index in [1.165, 1.54) is 0 Å². The van der Waals surface area contributed by atoms with Gasteiger partial charge in [0.1, 0.15) is 49.7 Å². The van der Waals surface area contributed by atoms with Crippen molar-refractivity contribution in [3.05, 3.63) is 36.8 Å². The molecular weight excluding hydrogens is 342 g/mol. The van der Waals surface area contributed by atoms with Gasteiger partial charge in [-0.15, -0.1) is 0 Å². The number of benzene rings is 1. The van der Waals surface area contributed by atoms with Crippen LogP contribution < -0.4 is 0 Å². The van der Waals surface area contributed by atoms with E-state index in [0.29, 0.717) is 50.0 Å². The molecular formula is C18H9N9. The van der Waals surface area contributed by atoms with Crippen LogP contribution in [0.1, 0.15) is 0 Å². The second-order valence-corrected chi connectivity index (χ2v) is 6.40. The minimum Gasteiger partial charge on any atom is -0.345 e. The average molecular weight is 351 g/mol. The second-order valence-electron chi connectivity index (χ2n) is 6.40. The van der Waals surface area contributed by atoms with Crippen LogP contribution in [0.25, 0.3) is 66.6 Å². The summed E-state index contributed by atoms with van der Waals surface area (Å²) in [5.74, 6) is 0. The van der Waals surface area contributed by atoms with Crippen LogP contribution in [0, 0.1) is 0 Å². The molecule has 7 aromatic rings. The molecule has 0 spiro atoms. The molecule has 9 heteroatoms. The maximum absolute atomic E-state index is 4.79. The van der Waals surface area contributed by atoms with E-state index in [0.717, 1.165) is 16.6 Å². The lowest BCUT2D eigenvalue weighted by atomic mass is 10.2. The molecule has 0 aliphatic rings. The summed E-state index contributed by atoms with van der Waals surface area (Å²) in [4.78, 5) is 38.0. The van der Waals surface area contributed by atoms with Crippen molar-refractivity contribution in [1.29, 1.82) is 0 Å². The lowest BCUT2D eigenvalue weighted by Crippen LogP contribution is -1.98. The molecule has 6 aromatic heterocycles. The van der Waals surface area contributed by atoms with Gasteiger partial charge in [-0.3, -0.25) is 0 Å². The molecule has 0 aliphatic heterocycles. The summed E-state index contributed by atoms with van der Waals surface area (Å²) in [6.07, 6.45) is 5.45. The van der Waals surface area contributed by atoms with E-state index < -0.39 is 0 Å². The Balaban J connectivity index is 1.87. The van der Waals surface area contributed by atoms with Crippen LogP contribution in [-0.4, -0.2) is 44.9 Å². The van der Waals surface area contributed by atoms with Crippen LogP contribution in [0.5, 0.6) is 0 Å². The Labute approximate surface area is 148 Å². The minimum absolute atomic E-state index is 0.650. The molecule has 0 bridgehead atoms. The summed E-state index contributed by atoms with van der Waals surface area (Å²) in [7, 11) is 0. The fourth-order valence-corrected chi connectivity index (χ4v) is 3.60. The number of hydrogen-bond donors (Lipinski definition) is 3. The molecule has 0 saturated carbocycles. The Morgan fingerprint density at radius 2 is 0.704 bits per heavy atom.